The zero-order valence-corrected chi connectivity index (χ0v) is 17.8. The Labute approximate surface area is 173 Å². The fourth-order valence-electron chi connectivity index (χ4n) is 2.87. The van der Waals surface area contributed by atoms with Crippen LogP contribution in [-0.4, -0.2) is 31.7 Å². The van der Waals surface area contributed by atoms with Crippen LogP contribution >= 0.6 is 0 Å². The molecular weight excluding hydrogens is 391 g/mol. The predicted octanol–water partition coefficient (Wildman–Crippen LogP) is 4.60. The number of nitrogens with one attached hydrogen (secondary N) is 1. The van der Waals surface area contributed by atoms with Crippen molar-refractivity contribution in [1.29, 1.82) is 0 Å². The van der Waals surface area contributed by atoms with Gasteiger partial charge >= 0.3 is 0 Å². The van der Waals surface area contributed by atoms with Crippen molar-refractivity contribution < 1.29 is 17.6 Å². The van der Waals surface area contributed by atoms with E-state index in [-0.39, 0.29) is 23.0 Å². The maximum absolute atomic E-state index is 13.0. The number of carbonyl (C=O) groups excluding carboxylic acids is 1. The number of unbranched alkanes of at least 4 members (excludes halogenated alkanes) is 2. The van der Waals surface area contributed by atoms with Gasteiger partial charge in [0.15, 0.2) is 0 Å². The number of amides is 1. The molecule has 1 N–H and O–H groups in total. The van der Waals surface area contributed by atoms with Gasteiger partial charge in [-0.2, -0.15) is 4.31 Å². The van der Waals surface area contributed by atoms with E-state index in [0.29, 0.717) is 24.3 Å². The lowest BCUT2D eigenvalue weighted by molar-refractivity contribution is -0.115. The summed E-state index contributed by atoms with van der Waals surface area (Å²) < 4.78 is 40.4. The lowest BCUT2D eigenvalue weighted by atomic mass is 10.1. The van der Waals surface area contributed by atoms with Crippen LogP contribution in [0.25, 0.3) is 0 Å². The third-order valence-electron chi connectivity index (χ3n) is 4.58. The second-order valence-corrected chi connectivity index (χ2v) is 8.92. The minimum absolute atomic E-state index is 0.113. The number of carbonyl (C=O) groups is 1. The SMILES string of the molecule is CCCCN(CCCC)S(=O)(=O)c1ccc(NC(=O)Cc2ccc(F)cc2)cc1. The largest absolute Gasteiger partial charge is 0.326 e. The summed E-state index contributed by atoms with van der Waals surface area (Å²) in [6.07, 6.45) is 3.61. The van der Waals surface area contributed by atoms with Gasteiger partial charge in [0.25, 0.3) is 0 Å². The Morgan fingerprint density at radius 3 is 2.00 bits per heavy atom. The molecule has 158 valence electrons. The van der Waals surface area contributed by atoms with Crippen LogP contribution in [0.5, 0.6) is 0 Å². The molecule has 0 fully saturated rings. The van der Waals surface area contributed by atoms with Crippen LogP contribution in [0, 0.1) is 5.82 Å². The van der Waals surface area contributed by atoms with Gasteiger partial charge in [-0.25, -0.2) is 12.8 Å². The van der Waals surface area contributed by atoms with Crippen LogP contribution in [0.2, 0.25) is 0 Å². The van der Waals surface area contributed by atoms with E-state index in [9.17, 15) is 17.6 Å². The number of rotatable bonds is 11. The van der Waals surface area contributed by atoms with Crippen molar-refractivity contribution >= 4 is 21.6 Å². The van der Waals surface area contributed by atoms with Crippen LogP contribution in [0.1, 0.15) is 45.1 Å². The number of anilines is 1. The van der Waals surface area contributed by atoms with Gasteiger partial charge in [-0.05, 0) is 54.8 Å². The van der Waals surface area contributed by atoms with Crippen LogP contribution in [0.15, 0.2) is 53.4 Å². The number of halogens is 1. The first-order valence-electron chi connectivity index (χ1n) is 10.0. The Balaban J connectivity index is 2.05. The fourth-order valence-corrected chi connectivity index (χ4v) is 4.39. The Hall–Kier alpha value is -2.25. The normalized spacial score (nSPS) is 11.6. The number of hydrogen-bond donors (Lipinski definition) is 1. The van der Waals surface area contributed by atoms with Gasteiger partial charge < -0.3 is 5.32 Å². The fraction of sp³-hybridized carbons (Fsp3) is 0.409. The molecule has 0 aliphatic rings. The Morgan fingerprint density at radius 2 is 1.48 bits per heavy atom. The molecule has 0 aromatic heterocycles. The highest BCUT2D eigenvalue weighted by molar-refractivity contribution is 7.89. The number of benzene rings is 2. The molecule has 7 heteroatoms. The van der Waals surface area contributed by atoms with Crippen molar-refractivity contribution in [2.24, 2.45) is 0 Å². The van der Waals surface area contributed by atoms with Crippen LogP contribution < -0.4 is 5.32 Å². The molecule has 0 bridgehead atoms. The minimum atomic E-state index is -3.56. The van der Waals surface area contributed by atoms with Crippen molar-refractivity contribution in [3.05, 3.63) is 59.9 Å². The van der Waals surface area contributed by atoms with E-state index < -0.39 is 10.0 Å². The molecule has 0 aliphatic heterocycles. The summed E-state index contributed by atoms with van der Waals surface area (Å²) in [6.45, 7) is 5.09. The molecule has 1 amide bonds. The van der Waals surface area contributed by atoms with E-state index in [2.05, 4.69) is 5.32 Å². The summed E-state index contributed by atoms with van der Waals surface area (Å²) in [5, 5.41) is 2.74. The van der Waals surface area contributed by atoms with Gasteiger partial charge in [0.2, 0.25) is 15.9 Å². The van der Waals surface area contributed by atoms with Crippen molar-refractivity contribution in [3.63, 3.8) is 0 Å². The topological polar surface area (TPSA) is 66.5 Å². The third-order valence-corrected chi connectivity index (χ3v) is 6.49. The molecule has 5 nitrogen and oxygen atoms in total. The maximum atomic E-state index is 13.0. The van der Waals surface area contributed by atoms with Crippen LogP contribution in [0.4, 0.5) is 10.1 Å². The smallest absolute Gasteiger partial charge is 0.243 e. The average Bonchev–Trinajstić information content (AvgIpc) is 2.70. The zero-order chi connectivity index (χ0) is 21.3. The van der Waals surface area contributed by atoms with Gasteiger partial charge in [0.1, 0.15) is 5.82 Å². The molecule has 0 atom stereocenters. The molecular formula is C22H29FN2O3S. The molecule has 29 heavy (non-hydrogen) atoms. The van der Waals surface area contributed by atoms with E-state index in [4.69, 9.17) is 0 Å². The summed E-state index contributed by atoms with van der Waals surface area (Å²) in [5.41, 5.74) is 1.22. The van der Waals surface area contributed by atoms with Crippen molar-refractivity contribution in [2.45, 2.75) is 50.8 Å². The summed E-state index contributed by atoms with van der Waals surface area (Å²) >= 11 is 0. The highest BCUT2D eigenvalue weighted by atomic mass is 32.2. The van der Waals surface area contributed by atoms with E-state index >= 15 is 0 Å². The highest BCUT2D eigenvalue weighted by Crippen LogP contribution is 2.20. The standard InChI is InChI=1S/C22H29FN2O3S/c1-3-5-15-25(16-6-4-2)29(27,28)21-13-11-20(12-14-21)24-22(26)17-18-7-9-19(23)10-8-18/h7-14H,3-6,15-17H2,1-2H3,(H,24,26). The molecule has 2 rings (SSSR count). The summed E-state index contributed by atoms with van der Waals surface area (Å²) in [4.78, 5) is 12.4. The van der Waals surface area contributed by atoms with Crippen molar-refractivity contribution in [2.75, 3.05) is 18.4 Å². The molecule has 2 aromatic carbocycles. The van der Waals surface area contributed by atoms with Crippen LogP contribution in [-0.2, 0) is 21.2 Å². The van der Waals surface area contributed by atoms with E-state index in [1.807, 2.05) is 13.8 Å². The monoisotopic (exact) mass is 420 g/mol. The summed E-state index contributed by atoms with van der Waals surface area (Å²) in [6, 6.07) is 12.0. The molecule has 0 spiro atoms. The number of sulfonamides is 1. The van der Waals surface area contributed by atoms with E-state index in [0.717, 1.165) is 25.7 Å². The molecule has 0 saturated heterocycles. The quantitative estimate of drug-likeness (QED) is 0.578. The average molecular weight is 421 g/mol. The Bertz CT molecular complexity index is 873. The Morgan fingerprint density at radius 1 is 0.931 bits per heavy atom. The molecule has 0 radical (unpaired) electrons. The second-order valence-electron chi connectivity index (χ2n) is 6.99. The lowest BCUT2D eigenvalue weighted by Gasteiger charge is -2.22. The van der Waals surface area contributed by atoms with Gasteiger partial charge in [0, 0.05) is 18.8 Å². The van der Waals surface area contributed by atoms with E-state index in [1.54, 1.807) is 28.6 Å². The predicted molar refractivity (Wildman–Crippen MR) is 114 cm³/mol. The molecule has 0 unspecified atom stereocenters. The second kappa shape index (κ2) is 11.1. The first-order valence-corrected chi connectivity index (χ1v) is 11.4. The van der Waals surface area contributed by atoms with Gasteiger partial charge in [-0.15, -0.1) is 0 Å². The van der Waals surface area contributed by atoms with Gasteiger partial charge in [-0.3, -0.25) is 4.79 Å². The highest BCUT2D eigenvalue weighted by Gasteiger charge is 2.23. The van der Waals surface area contributed by atoms with Gasteiger partial charge in [-0.1, -0.05) is 38.8 Å². The summed E-state index contributed by atoms with van der Waals surface area (Å²) in [7, 11) is -3.56. The first-order chi connectivity index (χ1) is 13.9. The summed E-state index contributed by atoms with van der Waals surface area (Å²) in [5.74, 6) is -0.599. The van der Waals surface area contributed by atoms with Crippen molar-refractivity contribution in [3.8, 4) is 0 Å². The molecule has 0 aliphatic carbocycles. The molecule has 0 heterocycles. The number of hydrogen-bond acceptors (Lipinski definition) is 3. The zero-order valence-electron chi connectivity index (χ0n) is 17.0. The third kappa shape index (κ3) is 6.94. The van der Waals surface area contributed by atoms with Crippen molar-refractivity contribution in [1.82, 2.24) is 4.31 Å². The molecule has 0 saturated carbocycles. The minimum Gasteiger partial charge on any atom is -0.326 e. The van der Waals surface area contributed by atoms with Gasteiger partial charge in [0.05, 0.1) is 11.3 Å². The van der Waals surface area contributed by atoms with E-state index in [1.165, 1.54) is 24.3 Å². The first kappa shape index (κ1) is 23.0. The lowest BCUT2D eigenvalue weighted by Crippen LogP contribution is -2.33. The number of nitrogens with zero attached hydrogens (tertiary/aromatic N) is 1. The van der Waals surface area contributed by atoms with Crippen LogP contribution in [0.3, 0.4) is 0 Å². The Kier molecular flexibility index (Phi) is 8.79. The maximum Gasteiger partial charge on any atom is 0.243 e. The molecule has 2 aromatic rings.